The minimum atomic E-state index is 0. The predicted octanol–water partition coefficient (Wildman–Crippen LogP) is 1.31. The molecule has 0 fully saturated rings. The summed E-state index contributed by atoms with van der Waals surface area (Å²) in [5, 5.41) is 0. The van der Waals surface area contributed by atoms with E-state index < -0.39 is 0 Å². The van der Waals surface area contributed by atoms with E-state index in [4.69, 9.17) is 6.42 Å². The van der Waals surface area contributed by atoms with Gasteiger partial charge >= 0.3 is 23.1 Å². The molecule has 0 aromatic heterocycles. The fourth-order valence-corrected chi connectivity index (χ4v) is 0.342. The fourth-order valence-electron chi connectivity index (χ4n) is 0.342. The van der Waals surface area contributed by atoms with Gasteiger partial charge in [-0.1, -0.05) is 0 Å². The molecule has 0 spiro atoms. The quantitative estimate of drug-likeness (QED) is 0.279. The summed E-state index contributed by atoms with van der Waals surface area (Å²) in [6.45, 7) is 0. The molecule has 1 rings (SSSR count). The van der Waals surface area contributed by atoms with Crippen molar-refractivity contribution in [1.82, 2.24) is 0 Å². The summed E-state index contributed by atoms with van der Waals surface area (Å²) in [5.41, 5.74) is 0. The number of rotatable bonds is 0. The van der Waals surface area contributed by atoms with Crippen LogP contribution in [0.2, 0.25) is 0 Å². The molecule has 0 unspecified atom stereocenters. The molecule has 0 aliphatic carbocycles. The Morgan fingerprint density at radius 1 is 1.00 bits per heavy atom. The standard InChI is InChI=1S/C6H5.C2H.Mg/c1-2-4-6-5-3-1;1-2;/h1-5H;1H;/q2*-1;+2. The van der Waals surface area contributed by atoms with Crippen LogP contribution < -0.4 is 0 Å². The number of benzene rings is 1. The van der Waals surface area contributed by atoms with E-state index in [9.17, 15) is 0 Å². The number of hydrogen-bond donors (Lipinski definition) is 0. The zero-order valence-corrected chi connectivity index (χ0v) is 6.59. The van der Waals surface area contributed by atoms with Gasteiger partial charge in [0.25, 0.3) is 0 Å². The van der Waals surface area contributed by atoms with E-state index in [1.54, 1.807) is 0 Å². The zero-order chi connectivity index (χ0) is 6.24. The normalized spacial score (nSPS) is 5.56. The van der Waals surface area contributed by atoms with E-state index in [0.29, 0.717) is 0 Å². The van der Waals surface area contributed by atoms with Gasteiger partial charge in [-0.05, 0) is 0 Å². The Balaban J connectivity index is 0. The van der Waals surface area contributed by atoms with Crippen molar-refractivity contribution in [2.75, 3.05) is 0 Å². The van der Waals surface area contributed by atoms with Gasteiger partial charge in [0.1, 0.15) is 0 Å². The molecule has 0 aliphatic rings. The summed E-state index contributed by atoms with van der Waals surface area (Å²) in [6, 6.07) is 12.5. The summed E-state index contributed by atoms with van der Waals surface area (Å²) in [5.74, 6) is 0. The first kappa shape index (κ1) is 11.4. The molecule has 40 valence electrons. The predicted molar refractivity (Wildman–Crippen MR) is 39.2 cm³/mol. The molecule has 0 atom stereocenters. The van der Waals surface area contributed by atoms with E-state index in [0.717, 1.165) is 0 Å². The molecule has 0 N–H and O–H groups in total. The van der Waals surface area contributed by atoms with Crippen LogP contribution >= 0.6 is 0 Å². The molecule has 0 amide bonds. The number of terminal acetylenes is 1. The van der Waals surface area contributed by atoms with Crippen molar-refractivity contribution in [1.29, 1.82) is 0 Å². The SMILES string of the molecule is [C-]#C.[Mg+2].[c-]1ccccc1. The molecule has 0 heterocycles. The minimum absolute atomic E-state index is 0. The second-order valence-electron chi connectivity index (χ2n) is 1.08. The second-order valence-corrected chi connectivity index (χ2v) is 1.08. The van der Waals surface area contributed by atoms with E-state index in [2.05, 4.69) is 12.5 Å². The van der Waals surface area contributed by atoms with Gasteiger partial charge in [-0.15, -0.1) is 0 Å². The van der Waals surface area contributed by atoms with Gasteiger partial charge < -0.3 is 12.8 Å². The van der Waals surface area contributed by atoms with E-state index in [1.165, 1.54) is 0 Å². The summed E-state index contributed by atoms with van der Waals surface area (Å²) < 4.78 is 0. The van der Waals surface area contributed by atoms with Crippen LogP contribution in [-0.2, 0) is 0 Å². The first-order chi connectivity index (χ1) is 4.00. The molecule has 0 aliphatic heterocycles. The van der Waals surface area contributed by atoms with Crippen LogP contribution in [-0.4, -0.2) is 23.1 Å². The Labute approximate surface area is 72.4 Å². The smallest absolute Gasteiger partial charge is 0.697 e. The van der Waals surface area contributed by atoms with Crippen molar-refractivity contribution in [2.45, 2.75) is 0 Å². The fraction of sp³-hybridized carbons (Fsp3) is 0. The van der Waals surface area contributed by atoms with Crippen molar-refractivity contribution >= 4 is 23.1 Å². The Kier molecular flexibility index (Phi) is 13.3. The largest absolute Gasteiger partial charge is 2.00 e. The average Bonchev–Trinajstić information content (AvgIpc) is 1.96. The van der Waals surface area contributed by atoms with E-state index in [-0.39, 0.29) is 23.1 Å². The van der Waals surface area contributed by atoms with Gasteiger partial charge in [-0.2, -0.15) is 36.4 Å². The molecule has 9 heavy (non-hydrogen) atoms. The van der Waals surface area contributed by atoms with Crippen LogP contribution in [0.25, 0.3) is 0 Å². The van der Waals surface area contributed by atoms with Crippen LogP contribution in [0.3, 0.4) is 0 Å². The van der Waals surface area contributed by atoms with E-state index in [1.807, 2.05) is 30.3 Å². The van der Waals surface area contributed by atoms with Gasteiger partial charge in [0, 0.05) is 0 Å². The molecule has 1 aromatic rings. The third kappa shape index (κ3) is 7.55. The van der Waals surface area contributed by atoms with Crippen molar-refractivity contribution in [3.63, 3.8) is 0 Å². The monoisotopic (exact) mass is 126 g/mol. The summed E-state index contributed by atoms with van der Waals surface area (Å²) >= 11 is 0. The van der Waals surface area contributed by atoms with Crippen LogP contribution in [0.5, 0.6) is 0 Å². The van der Waals surface area contributed by atoms with Gasteiger partial charge in [-0.3, -0.25) is 0 Å². The maximum absolute atomic E-state index is 5.25. The Morgan fingerprint density at radius 2 is 1.44 bits per heavy atom. The van der Waals surface area contributed by atoms with Crippen LogP contribution in [0, 0.1) is 18.9 Å². The van der Waals surface area contributed by atoms with Gasteiger partial charge in [-0.25, -0.2) is 0 Å². The topological polar surface area (TPSA) is 0 Å². The van der Waals surface area contributed by atoms with Gasteiger partial charge in [0.05, 0.1) is 0 Å². The molecule has 0 nitrogen and oxygen atoms in total. The first-order valence-corrected chi connectivity index (χ1v) is 2.20. The Hall–Kier alpha value is -0.454. The molecule has 1 heteroatoms. The molecule has 0 saturated carbocycles. The second kappa shape index (κ2) is 10.5. The summed E-state index contributed by atoms with van der Waals surface area (Å²) in [6.07, 6.45) is 9.00. The Morgan fingerprint density at radius 3 is 1.56 bits per heavy atom. The van der Waals surface area contributed by atoms with Gasteiger partial charge in [0.15, 0.2) is 0 Å². The van der Waals surface area contributed by atoms with Crippen LogP contribution in [0.1, 0.15) is 0 Å². The Bertz CT molecular complexity index is 105. The van der Waals surface area contributed by atoms with Crippen molar-refractivity contribution in [2.24, 2.45) is 0 Å². The zero-order valence-electron chi connectivity index (χ0n) is 5.17. The van der Waals surface area contributed by atoms with Crippen molar-refractivity contribution < 1.29 is 0 Å². The maximum Gasteiger partial charge on any atom is 2.00 e. The molecule has 0 bridgehead atoms. The molecular weight excluding hydrogens is 120 g/mol. The van der Waals surface area contributed by atoms with Gasteiger partial charge in [0.2, 0.25) is 0 Å². The maximum atomic E-state index is 5.25. The van der Waals surface area contributed by atoms with Crippen molar-refractivity contribution in [3.8, 4) is 6.42 Å². The molecule has 0 saturated heterocycles. The summed E-state index contributed by atoms with van der Waals surface area (Å²) in [7, 11) is 0. The van der Waals surface area contributed by atoms with Crippen molar-refractivity contribution in [3.05, 3.63) is 42.8 Å². The van der Waals surface area contributed by atoms with Crippen LogP contribution in [0.15, 0.2) is 30.3 Å². The molecular formula is C8H6Mg. The number of hydrogen-bond acceptors (Lipinski definition) is 0. The first-order valence-electron chi connectivity index (χ1n) is 2.20. The van der Waals surface area contributed by atoms with E-state index >= 15 is 0 Å². The minimum Gasteiger partial charge on any atom is -0.697 e. The third-order valence-corrected chi connectivity index (χ3v) is 0.607. The molecule has 0 radical (unpaired) electrons. The van der Waals surface area contributed by atoms with Crippen LogP contribution in [0.4, 0.5) is 0 Å². The third-order valence-electron chi connectivity index (χ3n) is 0.607. The average molecular weight is 126 g/mol. The summed E-state index contributed by atoms with van der Waals surface area (Å²) in [4.78, 5) is 0. The molecule has 1 aromatic carbocycles.